The quantitative estimate of drug-likeness (QED) is 0.366. The third-order valence-corrected chi connectivity index (χ3v) is 3.92. The molecule has 4 rings (SSSR count). The largest absolute Gasteiger partial charge is 0.507 e. The summed E-state index contributed by atoms with van der Waals surface area (Å²) < 4.78 is 0. The average Bonchev–Trinajstić information content (AvgIpc) is 2.58. The van der Waals surface area contributed by atoms with Crippen LogP contribution >= 0.6 is 0 Å². The van der Waals surface area contributed by atoms with Gasteiger partial charge in [0.15, 0.2) is 0 Å². The molecule has 0 spiro atoms. The normalized spacial score (nSPS) is 10.3. The van der Waals surface area contributed by atoms with Crippen LogP contribution in [-0.4, -0.2) is 5.11 Å². The van der Waals surface area contributed by atoms with Gasteiger partial charge in [0.1, 0.15) is 5.75 Å². The molecule has 0 heterocycles. The number of hydrogen-bond donors (Lipinski definition) is 4. The first-order valence-corrected chi connectivity index (χ1v) is 7.57. The van der Waals surface area contributed by atoms with E-state index in [4.69, 9.17) is 17.2 Å². The van der Waals surface area contributed by atoms with Gasteiger partial charge < -0.3 is 22.3 Å². The second kappa shape index (κ2) is 6.38. The Hall–Kier alpha value is -3.40. The van der Waals surface area contributed by atoms with Gasteiger partial charge in [0.2, 0.25) is 0 Å². The van der Waals surface area contributed by atoms with Crippen LogP contribution in [0.1, 0.15) is 0 Å². The van der Waals surface area contributed by atoms with Crippen LogP contribution < -0.4 is 17.2 Å². The van der Waals surface area contributed by atoms with E-state index in [-0.39, 0.29) is 5.75 Å². The molecule has 4 aromatic rings. The number of nitrogen functional groups attached to an aromatic ring is 3. The SMILES string of the molecule is Nc1cccc2c(N)cccc12.Nc1cccc2c(O)cccc12. The first-order valence-electron chi connectivity index (χ1n) is 7.57. The number of anilines is 3. The lowest BCUT2D eigenvalue weighted by Crippen LogP contribution is -1.90. The third-order valence-electron chi connectivity index (χ3n) is 3.92. The van der Waals surface area contributed by atoms with Crippen molar-refractivity contribution in [3.63, 3.8) is 0 Å². The predicted octanol–water partition coefficient (Wildman–Crippen LogP) is 4.13. The van der Waals surface area contributed by atoms with Gasteiger partial charge in [-0.3, -0.25) is 0 Å². The summed E-state index contributed by atoms with van der Waals surface area (Å²) in [7, 11) is 0. The molecule has 4 nitrogen and oxygen atoms in total. The number of rotatable bonds is 0. The Morgan fingerprint density at radius 3 is 1.21 bits per heavy atom. The molecular weight excluding hydrogens is 298 g/mol. The van der Waals surface area contributed by atoms with Gasteiger partial charge in [0.05, 0.1) is 0 Å². The summed E-state index contributed by atoms with van der Waals surface area (Å²) in [5, 5.41) is 13.2. The number of fused-ring (bicyclic) bond motifs is 2. The Labute approximate surface area is 140 Å². The maximum atomic E-state index is 9.44. The van der Waals surface area contributed by atoms with Crippen molar-refractivity contribution in [2.24, 2.45) is 0 Å². The molecule has 0 atom stereocenters. The minimum absolute atomic E-state index is 0.278. The van der Waals surface area contributed by atoms with Gasteiger partial charge >= 0.3 is 0 Å². The van der Waals surface area contributed by atoms with Crippen LogP contribution in [0.3, 0.4) is 0 Å². The number of benzene rings is 4. The number of hydrogen-bond acceptors (Lipinski definition) is 4. The van der Waals surface area contributed by atoms with Crippen molar-refractivity contribution in [1.82, 2.24) is 0 Å². The molecule has 0 saturated heterocycles. The van der Waals surface area contributed by atoms with Gasteiger partial charge in [-0.25, -0.2) is 0 Å². The minimum atomic E-state index is 0.278. The Balaban J connectivity index is 0.000000141. The maximum absolute atomic E-state index is 9.44. The number of phenols is 1. The molecule has 0 unspecified atom stereocenters. The van der Waals surface area contributed by atoms with Crippen molar-refractivity contribution in [3.8, 4) is 5.75 Å². The Bertz CT molecular complexity index is 846. The lowest BCUT2D eigenvalue weighted by molar-refractivity contribution is 0.481. The van der Waals surface area contributed by atoms with Crippen molar-refractivity contribution in [2.45, 2.75) is 0 Å². The zero-order valence-electron chi connectivity index (χ0n) is 13.1. The fourth-order valence-electron chi connectivity index (χ4n) is 2.68. The van der Waals surface area contributed by atoms with E-state index in [0.717, 1.165) is 32.9 Å². The van der Waals surface area contributed by atoms with Crippen LogP contribution in [0.2, 0.25) is 0 Å². The fraction of sp³-hybridized carbons (Fsp3) is 0. The number of phenolic OH excluding ortho intramolecular Hbond substituents is 1. The topological polar surface area (TPSA) is 98.3 Å². The Kier molecular flexibility index (Phi) is 4.12. The van der Waals surface area contributed by atoms with Gasteiger partial charge in [-0.15, -0.1) is 0 Å². The van der Waals surface area contributed by atoms with E-state index in [0.29, 0.717) is 5.69 Å². The summed E-state index contributed by atoms with van der Waals surface area (Å²) in [6.07, 6.45) is 0. The van der Waals surface area contributed by atoms with Gasteiger partial charge in [0, 0.05) is 38.6 Å². The van der Waals surface area contributed by atoms with Crippen molar-refractivity contribution >= 4 is 38.6 Å². The summed E-state index contributed by atoms with van der Waals surface area (Å²) in [5.41, 5.74) is 19.5. The third kappa shape index (κ3) is 2.90. The van der Waals surface area contributed by atoms with E-state index in [1.54, 1.807) is 12.1 Å². The summed E-state index contributed by atoms with van der Waals surface area (Å²) >= 11 is 0. The van der Waals surface area contributed by atoms with Gasteiger partial charge in [-0.1, -0.05) is 48.5 Å². The van der Waals surface area contributed by atoms with Gasteiger partial charge in [-0.05, 0) is 24.3 Å². The fourth-order valence-corrected chi connectivity index (χ4v) is 2.68. The van der Waals surface area contributed by atoms with Gasteiger partial charge in [-0.2, -0.15) is 0 Å². The van der Waals surface area contributed by atoms with Crippen LogP contribution in [0.25, 0.3) is 21.5 Å². The lowest BCUT2D eigenvalue weighted by Gasteiger charge is -2.03. The highest BCUT2D eigenvalue weighted by atomic mass is 16.3. The summed E-state index contributed by atoms with van der Waals surface area (Å²) in [6.45, 7) is 0. The van der Waals surface area contributed by atoms with Crippen LogP contribution in [0.5, 0.6) is 5.75 Å². The van der Waals surface area contributed by atoms with Crippen LogP contribution in [0.15, 0.2) is 72.8 Å². The van der Waals surface area contributed by atoms with Crippen LogP contribution in [-0.2, 0) is 0 Å². The highest BCUT2D eigenvalue weighted by molar-refractivity contribution is 5.99. The molecule has 24 heavy (non-hydrogen) atoms. The number of nitrogens with two attached hydrogens (primary N) is 3. The molecule has 7 N–H and O–H groups in total. The van der Waals surface area contributed by atoms with Gasteiger partial charge in [0.25, 0.3) is 0 Å². The van der Waals surface area contributed by atoms with Crippen LogP contribution in [0.4, 0.5) is 17.1 Å². The molecule has 0 aliphatic carbocycles. The Morgan fingerprint density at radius 2 is 0.792 bits per heavy atom. The minimum Gasteiger partial charge on any atom is -0.507 e. The molecule has 0 radical (unpaired) electrons. The first kappa shape index (κ1) is 15.5. The van der Waals surface area contributed by atoms with Crippen molar-refractivity contribution < 1.29 is 5.11 Å². The molecule has 0 aliphatic rings. The van der Waals surface area contributed by atoms with Crippen LogP contribution in [0, 0.1) is 0 Å². The molecule has 4 heteroatoms. The molecule has 0 bridgehead atoms. The lowest BCUT2D eigenvalue weighted by atomic mass is 10.1. The van der Waals surface area contributed by atoms with Crippen molar-refractivity contribution in [1.29, 1.82) is 0 Å². The molecule has 0 fully saturated rings. The molecule has 4 aromatic carbocycles. The second-order valence-electron chi connectivity index (χ2n) is 5.51. The maximum Gasteiger partial charge on any atom is 0.123 e. The first-order chi connectivity index (χ1) is 11.6. The molecular formula is C20H19N3O. The monoisotopic (exact) mass is 317 g/mol. The highest BCUT2D eigenvalue weighted by Crippen LogP contribution is 2.27. The van der Waals surface area contributed by atoms with Crippen molar-refractivity contribution in [2.75, 3.05) is 17.2 Å². The summed E-state index contributed by atoms with van der Waals surface area (Å²) in [5.74, 6) is 0.278. The van der Waals surface area contributed by atoms with Crippen molar-refractivity contribution in [3.05, 3.63) is 72.8 Å². The molecule has 0 aromatic heterocycles. The zero-order valence-corrected chi connectivity index (χ0v) is 13.1. The smallest absolute Gasteiger partial charge is 0.123 e. The zero-order chi connectivity index (χ0) is 17.1. The standard InChI is InChI=1S/C10H10N2.C10H9NO/c11-9-5-1-3-7-8(9)4-2-6-10(7)12;11-9-5-1-4-8-7(9)3-2-6-10(8)12/h1-6H,11-12H2;1-6,12H,11H2. The van der Waals surface area contributed by atoms with E-state index < -0.39 is 0 Å². The van der Waals surface area contributed by atoms with E-state index in [1.165, 1.54) is 0 Å². The van der Waals surface area contributed by atoms with E-state index in [2.05, 4.69) is 0 Å². The van der Waals surface area contributed by atoms with E-state index >= 15 is 0 Å². The molecule has 120 valence electrons. The second-order valence-corrected chi connectivity index (χ2v) is 5.51. The molecule has 0 saturated carbocycles. The Morgan fingerprint density at radius 1 is 0.458 bits per heavy atom. The molecule has 0 amide bonds. The van der Waals surface area contributed by atoms with E-state index in [1.807, 2.05) is 60.7 Å². The predicted molar refractivity (Wildman–Crippen MR) is 103 cm³/mol. The molecule has 0 aliphatic heterocycles. The summed E-state index contributed by atoms with van der Waals surface area (Å²) in [6, 6.07) is 22.4. The summed E-state index contributed by atoms with van der Waals surface area (Å²) in [4.78, 5) is 0. The number of aromatic hydroxyl groups is 1. The van der Waals surface area contributed by atoms with E-state index in [9.17, 15) is 5.11 Å². The average molecular weight is 317 g/mol. The highest BCUT2D eigenvalue weighted by Gasteiger charge is 2.00.